The summed E-state index contributed by atoms with van der Waals surface area (Å²) in [5.41, 5.74) is 2.06. The summed E-state index contributed by atoms with van der Waals surface area (Å²) >= 11 is 2.36. The van der Waals surface area contributed by atoms with Gasteiger partial charge in [-0.05, 0) is 47.2 Å². The maximum atomic E-state index is 4.89. The average Bonchev–Trinajstić information content (AvgIpc) is 2.87. The molecule has 34 heavy (non-hydrogen) atoms. The number of fused-ring (bicyclic) bond motifs is 1. The van der Waals surface area contributed by atoms with Crippen molar-refractivity contribution in [1.82, 2.24) is 9.97 Å². The molecule has 0 aliphatic heterocycles. The van der Waals surface area contributed by atoms with E-state index in [4.69, 9.17) is 9.97 Å². The van der Waals surface area contributed by atoms with Crippen molar-refractivity contribution in [2.75, 3.05) is 11.9 Å². The maximum Gasteiger partial charge on any atom is 0.162 e. The highest BCUT2D eigenvalue weighted by molar-refractivity contribution is 14.1. The highest BCUT2D eigenvalue weighted by Gasteiger charge is 2.09. The molecule has 4 heteroatoms. The van der Waals surface area contributed by atoms with E-state index in [0.717, 1.165) is 34.7 Å². The number of anilines is 1. The van der Waals surface area contributed by atoms with Crippen LogP contribution in [0.25, 0.3) is 22.3 Å². The number of unbranched alkanes of at least 4 members (excludes halogenated alkanes) is 13. The van der Waals surface area contributed by atoms with Crippen LogP contribution in [-0.4, -0.2) is 16.5 Å². The van der Waals surface area contributed by atoms with Crippen LogP contribution in [0.1, 0.15) is 96.8 Å². The molecule has 0 aliphatic rings. The van der Waals surface area contributed by atoms with Crippen LogP contribution in [-0.2, 0) is 0 Å². The minimum absolute atomic E-state index is 0.790. The van der Waals surface area contributed by atoms with Crippen LogP contribution in [0.5, 0.6) is 0 Å². The quantitative estimate of drug-likeness (QED) is 0.129. The minimum Gasteiger partial charge on any atom is -0.369 e. The molecule has 184 valence electrons. The lowest BCUT2D eigenvalue weighted by Crippen LogP contribution is -2.06. The van der Waals surface area contributed by atoms with E-state index in [2.05, 4.69) is 65.2 Å². The van der Waals surface area contributed by atoms with E-state index >= 15 is 0 Å². The Bertz CT molecular complexity index is 958. The SMILES string of the molecule is CCCCCCCCCCCCCCCCNc1nc(-c2ccccc2)nc2ccc(I)cc12. The Morgan fingerprint density at radius 3 is 1.88 bits per heavy atom. The predicted octanol–water partition coefficient (Wildman–Crippen LogP) is 9.79. The predicted molar refractivity (Wildman–Crippen MR) is 156 cm³/mol. The molecule has 0 unspecified atom stereocenters. The van der Waals surface area contributed by atoms with Crippen molar-refractivity contribution in [2.45, 2.75) is 96.8 Å². The number of aromatic nitrogens is 2. The number of hydrogen-bond donors (Lipinski definition) is 1. The van der Waals surface area contributed by atoms with Crippen LogP contribution < -0.4 is 5.32 Å². The van der Waals surface area contributed by atoms with Crippen molar-refractivity contribution >= 4 is 39.3 Å². The van der Waals surface area contributed by atoms with Crippen molar-refractivity contribution in [3.05, 3.63) is 52.1 Å². The summed E-state index contributed by atoms with van der Waals surface area (Å²) in [4.78, 5) is 9.70. The van der Waals surface area contributed by atoms with Crippen molar-refractivity contribution < 1.29 is 0 Å². The monoisotopic (exact) mass is 571 g/mol. The van der Waals surface area contributed by atoms with Crippen molar-refractivity contribution in [3.63, 3.8) is 0 Å². The number of nitrogens with one attached hydrogen (secondary N) is 1. The summed E-state index contributed by atoms with van der Waals surface area (Å²) in [5.74, 6) is 1.75. The second-order valence-electron chi connectivity index (χ2n) is 9.45. The standard InChI is InChI=1S/C30H42IN3/c1-2-3-4-5-6-7-8-9-10-11-12-13-14-18-23-32-30-27-24-26(31)21-22-28(27)33-29(34-30)25-19-16-15-17-20-25/h15-17,19-22,24H,2-14,18,23H2,1H3,(H,32,33,34). The largest absolute Gasteiger partial charge is 0.369 e. The Hall–Kier alpha value is -1.69. The van der Waals surface area contributed by atoms with E-state index < -0.39 is 0 Å². The van der Waals surface area contributed by atoms with Crippen molar-refractivity contribution in [1.29, 1.82) is 0 Å². The molecule has 0 spiro atoms. The van der Waals surface area contributed by atoms with Crippen molar-refractivity contribution in [2.24, 2.45) is 0 Å². The lowest BCUT2D eigenvalue weighted by atomic mass is 10.0. The molecule has 0 aliphatic carbocycles. The third-order valence-electron chi connectivity index (χ3n) is 6.51. The van der Waals surface area contributed by atoms with E-state index in [0.29, 0.717) is 0 Å². The molecule has 0 amide bonds. The third kappa shape index (κ3) is 9.52. The molecular formula is C30H42IN3. The zero-order chi connectivity index (χ0) is 23.8. The van der Waals surface area contributed by atoms with E-state index in [1.54, 1.807) is 0 Å². The first kappa shape index (κ1) is 26.9. The average molecular weight is 572 g/mol. The molecular weight excluding hydrogens is 529 g/mol. The van der Waals surface area contributed by atoms with Crippen LogP contribution in [0.2, 0.25) is 0 Å². The smallest absolute Gasteiger partial charge is 0.162 e. The van der Waals surface area contributed by atoms with E-state index in [1.807, 2.05) is 18.2 Å². The first-order valence-electron chi connectivity index (χ1n) is 13.5. The maximum absolute atomic E-state index is 4.89. The zero-order valence-corrected chi connectivity index (χ0v) is 23.2. The van der Waals surface area contributed by atoms with Gasteiger partial charge in [-0.2, -0.15) is 0 Å². The molecule has 1 aromatic heterocycles. The molecule has 1 heterocycles. The van der Waals surface area contributed by atoms with Gasteiger partial charge in [0.1, 0.15) is 5.82 Å². The topological polar surface area (TPSA) is 37.8 Å². The van der Waals surface area contributed by atoms with E-state index in [-0.39, 0.29) is 0 Å². The van der Waals surface area contributed by atoms with Gasteiger partial charge in [-0.25, -0.2) is 9.97 Å². The Morgan fingerprint density at radius 2 is 1.26 bits per heavy atom. The molecule has 0 saturated carbocycles. The van der Waals surface area contributed by atoms with Gasteiger partial charge < -0.3 is 5.32 Å². The van der Waals surface area contributed by atoms with Gasteiger partial charge in [0.15, 0.2) is 5.82 Å². The summed E-state index contributed by atoms with van der Waals surface area (Å²) in [5, 5.41) is 4.72. The molecule has 0 radical (unpaired) electrons. The molecule has 1 N–H and O–H groups in total. The van der Waals surface area contributed by atoms with Gasteiger partial charge in [0.2, 0.25) is 0 Å². The van der Waals surface area contributed by atoms with Gasteiger partial charge in [0.25, 0.3) is 0 Å². The lowest BCUT2D eigenvalue weighted by Gasteiger charge is -2.11. The Labute approximate surface area is 220 Å². The van der Waals surface area contributed by atoms with E-state index in [9.17, 15) is 0 Å². The van der Waals surface area contributed by atoms with Gasteiger partial charge in [-0.15, -0.1) is 0 Å². The second-order valence-corrected chi connectivity index (χ2v) is 10.7. The molecule has 0 atom stereocenters. The number of benzene rings is 2. The van der Waals surface area contributed by atoms with Crippen LogP contribution in [0.3, 0.4) is 0 Å². The number of hydrogen-bond acceptors (Lipinski definition) is 3. The molecule has 0 bridgehead atoms. The highest BCUT2D eigenvalue weighted by Crippen LogP contribution is 2.26. The molecule has 0 fully saturated rings. The van der Waals surface area contributed by atoms with Gasteiger partial charge in [-0.3, -0.25) is 0 Å². The van der Waals surface area contributed by atoms with Gasteiger partial charge >= 0.3 is 0 Å². The summed E-state index contributed by atoms with van der Waals surface area (Å²) in [6, 6.07) is 16.7. The molecule has 3 aromatic rings. The van der Waals surface area contributed by atoms with Crippen LogP contribution >= 0.6 is 22.6 Å². The first-order valence-corrected chi connectivity index (χ1v) is 14.6. The Kier molecular flexibility index (Phi) is 12.7. The number of rotatable bonds is 17. The van der Waals surface area contributed by atoms with Crippen molar-refractivity contribution in [3.8, 4) is 11.4 Å². The molecule has 3 nitrogen and oxygen atoms in total. The summed E-state index contributed by atoms with van der Waals surface area (Å²) in [6.07, 6.45) is 19.4. The Balaban J connectivity index is 1.34. The molecule has 3 rings (SSSR count). The van der Waals surface area contributed by atoms with Crippen LogP contribution in [0, 0.1) is 3.57 Å². The summed E-state index contributed by atoms with van der Waals surface area (Å²) < 4.78 is 1.21. The van der Waals surface area contributed by atoms with Gasteiger partial charge in [-0.1, -0.05) is 121 Å². The fraction of sp³-hybridized carbons (Fsp3) is 0.533. The third-order valence-corrected chi connectivity index (χ3v) is 7.18. The second kappa shape index (κ2) is 16.1. The number of halogens is 1. The van der Waals surface area contributed by atoms with Crippen LogP contribution in [0.15, 0.2) is 48.5 Å². The molecule has 2 aromatic carbocycles. The molecule has 0 saturated heterocycles. The normalized spacial score (nSPS) is 11.2. The Morgan fingerprint density at radius 1 is 0.676 bits per heavy atom. The highest BCUT2D eigenvalue weighted by atomic mass is 127. The zero-order valence-electron chi connectivity index (χ0n) is 21.0. The fourth-order valence-corrected chi connectivity index (χ4v) is 4.97. The number of nitrogens with zero attached hydrogens (tertiary/aromatic N) is 2. The minimum atomic E-state index is 0.790. The van der Waals surface area contributed by atoms with Crippen LogP contribution in [0.4, 0.5) is 5.82 Å². The summed E-state index contributed by atoms with van der Waals surface area (Å²) in [6.45, 7) is 3.25. The summed E-state index contributed by atoms with van der Waals surface area (Å²) in [7, 11) is 0. The lowest BCUT2D eigenvalue weighted by molar-refractivity contribution is 0.537. The first-order chi connectivity index (χ1) is 16.8. The fourth-order valence-electron chi connectivity index (χ4n) is 4.48. The van der Waals surface area contributed by atoms with Gasteiger partial charge in [0.05, 0.1) is 5.52 Å². The van der Waals surface area contributed by atoms with E-state index in [1.165, 1.54) is 93.5 Å². The van der Waals surface area contributed by atoms with Gasteiger partial charge in [0, 0.05) is 21.1 Å².